The Balaban J connectivity index is 3.22. The number of benzene rings is 1. The monoisotopic (exact) mass is 336 g/mol. The molecular weight excluding hydrogens is 312 g/mol. The predicted octanol–water partition coefficient (Wildman–Crippen LogP) is 3.14. The zero-order chi connectivity index (χ0) is 18.7. The minimum atomic E-state index is -1.25. The van der Waals surface area contributed by atoms with E-state index in [1.807, 2.05) is 0 Å². The number of amides is 1. The van der Waals surface area contributed by atoms with Crippen molar-refractivity contribution >= 4 is 17.6 Å². The summed E-state index contributed by atoms with van der Waals surface area (Å²) in [5.74, 6) is -1.09. The summed E-state index contributed by atoms with van der Waals surface area (Å²) in [6, 6.07) is 5.53. The average Bonchev–Trinajstić information content (AvgIpc) is 2.41. The van der Waals surface area contributed by atoms with Crippen LogP contribution in [0.25, 0.3) is 0 Å². The molecule has 7 heteroatoms. The maximum atomic E-state index is 12.5. The lowest BCUT2D eigenvalue weighted by Crippen LogP contribution is -2.44. The molecule has 0 radical (unpaired) electrons. The van der Waals surface area contributed by atoms with Gasteiger partial charge < -0.3 is 10.1 Å². The summed E-state index contributed by atoms with van der Waals surface area (Å²) >= 11 is 0. The lowest BCUT2D eigenvalue weighted by Gasteiger charge is -2.27. The molecule has 24 heavy (non-hydrogen) atoms. The van der Waals surface area contributed by atoms with Crippen LogP contribution in [0.1, 0.15) is 53.2 Å². The normalized spacial score (nSPS) is 13.1. The lowest BCUT2D eigenvalue weighted by molar-refractivity contribution is -0.385. The molecule has 0 aliphatic heterocycles. The van der Waals surface area contributed by atoms with E-state index in [0.717, 1.165) is 0 Å². The topological polar surface area (TPSA) is 98.5 Å². The standard InChI is InChI=1S/C17H24N2O5/c1-16(2,3)15(21)24-13(14(20)18-17(4,5)6)11-8-7-9-12(10-11)19(22)23/h7-10,13H,1-6H3,(H,18,20). The second-order valence-corrected chi connectivity index (χ2v) is 7.63. The van der Waals surface area contributed by atoms with Crippen LogP contribution in [-0.4, -0.2) is 22.3 Å². The summed E-state index contributed by atoms with van der Waals surface area (Å²) in [7, 11) is 0. The van der Waals surface area contributed by atoms with Crippen molar-refractivity contribution in [3.8, 4) is 0 Å². The van der Waals surface area contributed by atoms with Gasteiger partial charge >= 0.3 is 5.97 Å². The fourth-order valence-corrected chi connectivity index (χ4v) is 1.79. The zero-order valence-corrected chi connectivity index (χ0v) is 14.9. The number of hydrogen-bond donors (Lipinski definition) is 1. The van der Waals surface area contributed by atoms with E-state index >= 15 is 0 Å². The van der Waals surface area contributed by atoms with Crippen LogP contribution in [0, 0.1) is 15.5 Å². The molecule has 1 aromatic rings. The fraction of sp³-hybridized carbons (Fsp3) is 0.529. The molecule has 0 aromatic heterocycles. The molecular formula is C17H24N2O5. The van der Waals surface area contributed by atoms with Gasteiger partial charge in [0.2, 0.25) is 6.10 Å². The highest BCUT2D eigenvalue weighted by Gasteiger charge is 2.33. The Hall–Kier alpha value is -2.44. The molecule has 1 aromatic carbocycles. The van der Waals surface area contributed by atoms with Crippen LogP contribution < -0.4 is 5.32 Å². The minimum absolute atomic E-state index is 0.173. The van der Waals surface area contributed by atoms with Crippen molar-refractivity contribution in [3.05, 3.63) is 39.9 Å². The van der Waals surface area contributed by atoms with Crippen LogP contribution in [0.2, 0.25) is 0 Å². The third kappa shape index (κ3) is 5.64. The van der Waals surface area contributed by atoms with Crippen LogP contribution in [-0.2, 0) is 14.3 Å². The fourth-order valence-electron chi connectivity index (χ4n) is 1.79. The lowest BCUT2D eigenvalue weighted by atomic mass is 9.97. The maximum absolute atomic E-state index is 12.5. The van der Waals surface area contributed by atoms with Gasteiger partial charge in [-0.1, -0.05) is 12.1 Å². The smallest absolute Gasteiger partial charge is 0.312 e. The SMILES string of the molecule is CC(C)(C)NC(=O)C(OC(=O)C(C)(C)C)c1cccc([N+](=O)[O-])c1. The highest BCUT2D eigenvalue weighted by atomic mass is 16.6. The molecule has 1 unspecified atom stereocenters. The van der Waals surface area contributed by atoms with Gasteiger partial charge in [0.05, 0.1) is 10.3 Å². The van der Waals surface area contributed by atoms with E-state index in [1.165, 1.54) is 24.3 Å². The van der Waals surface area contributed by atoms with Crippen LogP contribution in [0.5, 0.6) is 0 Å². The predicted molar refractivity (Wildman–Crippen MR) is 89.3 cm³/mol. The summed E-state index contributed by atoms with van der Waals surface area (Å²) in [4.78, 5) is 35.1. The van der Waals surface area contributed by atoms with Crippen molar-refractivity contribution in [2.45, 2.75) is 53.2 Å². The highest BCUT2D eigenvalue weighted by Crippen LogP contribution is 2.27. The highest BCUT2D eigenvalue weighted by molar-refractivity contribution is 5.86. The summed E-state index contributed by atoms with van der Waals surface area (Å²) in [5, 5.41) is 13.7. The second kappa shape index (κ2) is 6.98. The first-order valence-corrected chi connectivity index (χ1v) is 7.59. The maximum Gasteiger partial charge on any atom is 0.312 e. The van der Waals surface area contributed by atoms with Crippen molar-refractivity contribution in [2.75, 3.05) is 0 Å². The van der Waals surface area contributed by atoms with E-state index in [9.17, 15) is 19.7 Å². The van der Waals surface area contributed by atoms with Crippen LogP contribution in [0.4, 0.5) is 5.69 Å². The van der Waals surface area contributed by atoms with Gasteiger partial charge in [0.15, 0.2) is 0 Å². The second-order valence-electron chi connectivity index (χ2n) is 7.63. The summed E-state index contributed by atoms with van der Waals surface area (Å²) in [6.07, 6.45) is -1.25. The molecule has 1 amide bonds. The molecule has 0 saturated heterocycles. The molecule has 1 atom stereocenters. The number of carbonyl (C=O) groups is 2. The molecule has 0 aliphatic carbocycles. The van der Waals surface area contributed by atoms with Gasteiger partial charge in [-0.15, -0.1) is 0 Å². The van der Waals surface area contributed by atoms with Gasteiger partial charge in [-0.25, -0.2) is 0 Å². The van der Waals surface area contributed by atoms with E-state index in [1.54, 1.807) is 41.5 Å². The summed E-state index contributed by atoms with van der Waals surface area (Å²) in [5.41, 5.74) is -1.26. The molecule has 0 fully saturated rings. The van der Waals surface area contributed by atoms with Crippen molar-refractivity contribution in [3.63, 3.8) is 0 Å². The number of hydrogen-bond acceptors (Lipinski definition) is 5. The van der Waals surface area contributed by atoms with Gasteiger partial charge in [-0.2, -0.15) is 0 Å². The van der Waals surface area contributed by atoms with E-state index in [-0.39, 0.29) is 11.3 Å². The van der Waals surface area contributed by atoms with Crippen molar-refractivity contribution in [2.24, 2.45) is 5.41 Å². The molecule has 0 aliphatic rings. The molecule has 0 saturated carbocycles. The van der Waals surface area contributed by atoms with Gasteiger partial charge in [0.1, 0.15) is 0 Å². The van der Waals surface area contributed by atoms with Crippen LogP contribution in [0.15, 0.2) is 24.3 Å². The van der Waals surface area contributed by atoms with Gasteiger partial charge in [0.25, 0.3) is 11.6 Å². The Bertz CT molecular complexity index is 641. The van der Waals surface area contributed by atoms with Crippen molar-refractivity contribution < 1.29 is 19.2 Å². The Morgan fingerprint density at radius 1 is 1.17 bits per heavy atom. The largest absolute Gasteiger partial charge is 0.447 e. The Kier molecular flexibility index (Phi) is 5.71. The molecule has 1 N–H and O–H groups in total. The number of rotatable bonds is 4. The number of nitro groups is 1. The van der Waals surface area contributed by atoms with E-state index in [0.29, 0.717) is 0 Å². The minimum Gasteiger partial charge on any atom is -0.447 e. The third-order valence-corrected chi connectivity index (χ3v) is 2.96. The number of carbonyl (C=O) groups excluding carboxylic acids is 2. The molecule has 7 nitrogen and oxygen atoms in total. The number of non-ortho nitro benzene ring substituents is 1. The molecule has 0 spiro atoms. The van der Waals surface area contributed by atoms with Gasteiger partial charge in [-0.3, -0.25) is 19.7 Å². The Morgan fingerprint density at radius 2 is 1.75 bits per heavy atom. The number of nitro benzene ring substituents is 1. The average molecular weight is 336 g/mol. The quantitative estimate of drug-likeness (QED) is 0.517. The van der Waals surface area contributed by atoms with E-state index in [4.69, 9.17) is 4.74 Å². The molecule has 1 rings (SSSR count). The number of nitrogens with one attached hydrogen (secondary N) is 1. The first-order chi connectivity index (χ1) is 10.8. The third-order valence-electron chi connectivity index (χ3n) is 2.96. The molecule has 0 bridgehead atoms. The molecule has 132 valence electrons. The van der Waals surface area contributed by atoms with Crippen LogP contribution >= 0.6 is 0 Å². The van der Waals surface area contributed by atoms with E-state index in [2.05, 4.69) is 5.32 Å². The van der Waals surface area contributed by atoms with Crippen LogP contribution in [0.3, 0.4) is 0 Å². The zero-order valence-electron chi connectivity index (χ0n) is 14.9. The van der Waals surface area contributed by atoms with Crippen molar-refractivity contribution in [1.29, 1.82) is 0 Å². The molecule has 0 heterocycles. The summed E-state index contributed by atoms with van der Waals surface area (Å²) < 4.78 is 5.37. The van der Waals surface area contributed by atoms with E-state index < -0.39 is 33.9 Å². The number of nitrogens with zero attached hydrogens (tertiary/aromatic N) is 1. The Morgan fingerprint density at radius 3 is 2.21 bits per heavy atom. The van der Waals surface area contributed by atoms with Crippen molar-refractivity contribution in [1.82, 2.24) is 5.32 Å². The first kappa shape index (κ1) is 19.6. The summed E-state index contributed by atoms with van der Waals surface area (Å²) in [6.45, 7) is 10.4. The Labute approximate surface area is 141 Å². The van der Waals surface area contributed by atoms with Gasteiger partial charge in [-0.05, 0) is 41.5 Å². The van der Waals surface area contributed by atoms with Gasteiger partial charge in [0, 0.05) is 23.2 Å². The number of ether oxygens (including phenoxy) is 1. The first-order valence-electron chi connectivity index (χ1n) is 7.59. The number of esters is 1.